The molecule has 4 nitrogen and oxygen atoms in total. The Morgan fingerprint density at radius 2 is 2.04 bits per heavy atom. The normalized spacial score (nSPS) is 24.8. The number of rotatable bonds is 6. The van der Waals surface area contributed by atoms with Crippen molar-refractivity contribution in [2.45, 2.75) is 25.7 Å². The smallest absolute Gasteiger partial charge is 0.222 e. The lowest BCUT2D eigenvalue weighted by Crippen LogP contribution is -2.49. The van der Waals surface area contributed by atoms with E-state index in [1.807, 2.05) is 0 Å². The van der Waals surface area contributed by atoms with Gasteiger partial charge in [0.2, 0.25) is 5.91 Å². The molecular weight excluding hydrogens is 288 g/mol. The summed E-state index contributed by atoms with van der Waals surface area (Å²) in [7, 11) is 2.14. The maximum Gasteiger partial charge on any atom is 0.222 e. The monoisotopic (exact) mass is 316 g/mol. The van der Waals surface area contributed by atoms with E-state index in [9.17, 15) is 4.79 Å². The number of benzene rings is 1. The van der Waals surface area contributed by atoms with E-state index in [0.717, 1.165) is 58.7 Å². The molecule has 23 heavy (non-hydrogen) atoms. The molecule has 0 N–H and O–H groups in total. The minimum absolute atomic E-state index is 0.247. The number of likely N-dealkylation sites (tertiary alicyclic amines) is 1. The van der Waals surface area contributed by atoms with Crippen molar-refractivity contribution in [2.24, 2.45) is 5.41 Å². The Morgan fingerprint density at radius 3 is 2.78 bits per heavy atom. The Balaban J connectivity index is 1.44. The molecule has 1 atom stereocenters. The summed E-state index contributed by atoms with van der Waals surface area (Å²) >= 11 is 0. The molecule has 0 bridgehead atoms. The van der Waals surface area contributed by atoms with Crippen LogP contribution in [0.4, 0.5) is 0 Å². The summed E-state index contributed by atoms with van der Waals surface area (Å²) < 4.78 is 5.59. The van der Waals surface area contributed by atoms with E-state index in [-0.39, 0.29) is 5.41 Å². The molecule has 126 valence electrons. The average molecular weight is 316 g/mol. The Bertz CT molecular complexity index is 511. The van der Waals surface area contributed by atoms with Gasteiger partial charge in [-0.2, -0.15) is 0 Å². The Hall–Kier alpha value is -1.39. The zero-order valence-electron chi connectivity index (χ0n) is 14.2. The highest BCUT2D eigenvalue weighted by molar-refractivity contribution is 5.77. The van der Waals surface area contributed by atoms with Crippen LogP contribution in [-0.2, 0) is 16.0 Å². The van der Waals surface area contributed by atoms with E-state index in [4.69, 9.17) is 4.74 Å². The van der Waals surface area contributed by atoms with E-state index in [2.05, 4.69) is 47.2 Å². The summed E-state index contributed by atoms with van der Waals surface area (Å²) in [6, 6.07) is 10.6. The van der Waals surface area contributed by atoms with Crippen molar-refractivity contribution in [1.29, 1.82) is 0 Å². The molecule has 0 saturated carbocycles. The molecule has 2 saturated heterocycles. The summed E-state index contributed by atoms with van der Waals surface area (Å²) in [6.45, 7) is 5.39. The molecule has 0 aromatic heterocycles. The molecule has 0 aliphatic carbocycles. The fourth-order valence-corrected chi connectivity index (χ4v) is 3.65. The summed E-state index contributed by atoms with van der Waals surface area (Å²) in [5.41, 5.74) is 1.62. The summed E-state index contributed by atoms with van der Waals surface area (Å²) in [5.74, 6) is 0.319. The molecular formula is C19H28N2O2. The van der Waals surface area contributed by atoms with Gasteiger partial charge in [-0.3, -0.25) is 4.79 Å². The van der Waals surface area contributed by atoms with E-state index >= 15 is 0 Å². The van der Waals surface area contributed by atoms with E-state index in [1.165, 1.54) is 5.56 Å². The fraction of sp³-hybridized carbons (Fsp3) is 0.632. The molecule has 2 fully saturated rings. The van der Waals surface area contributed by atoms with Crippen LogP contribution < -0.4 is 0 Å². The van der Waals surface area contributed by atoms with Crippen LogP contribution in [0.25, 0.3) is 0 Å². The van der Waals surface area contributed by atoms with Crippen LogP contribution in [0.15, 0.2) is 30.3 Å². The Morgan fingerprint density at radius 1 is 1.22 bits per heavy atom. The van der Waals surface area contributed by atoms with E-state index < -0.39 is 0 Å². The van der Waals surface area contributed by atoms with Crippen molar-refractivity contribution in [3.05, 3.63) is 35.9 Å². The van der Waals surface area contributed by atoms with E-state index in [1.54, 1.807) is 0 Å². The maximum absolute atomic E-state index is 12.2. The first-order chi connectivity index (χ1) is 11.2. The topological polar surface area (TPSA) is 32.8 Å². The number of ether oxygens (including phenoxy) is 1. The predicted molar refractivity (Wildman–Crippen MR) is 91.3 cm³/mol. The third kappa shape index (κ3) is 4.33. The third-order valence-electron chi connectivity index (χ3n) is 5.31. The van der Waals surface area contributed by atoms with Crippen LogP contribution in [0.5, 0.6) is 0 Å². The SMILES string of the molecule is CN(CCc1ccccc1)CCN1C[C@@]2(CCOC2)CCC1=O. The Labute approximate surface area is 139 Å². The van der Waals surface area contributed by atoms with Gasteiger partial charge in [0.1, 0.15) is 0 Å². The first kappa shape index (κ1) is 16.5. The van der Waals surface area contributed by atoms with Crippen LogP contribution in [0.1, 0.15) is 24.8 Å². The van der Waals surface area contributed by atoms with Gasteiger partial charge in [0.25, 0.3) is 0 Å². The van der Waals surface area contributed by atoms with Gasteiger partial charge in [-0.05, 0) is 31.9 Å². The quantitative estimate of drug-likeness (QED) is 0.806. The first-order valence-corrected chi connectivity index (χ1v) is 8.75. The Kier molecular flexibility index (Phi) is 5.34. The van der Waals surface area contributed by atoms with Crippen molar-refractivity contribution in [1.82, 2.24) is 9.80 Å². The highest BCUT2D eigenvalue weighted by Crippen LogP contribution is 2.37. The van der Waals surface area contributed by atoms with Gasteiger partial charge in [-0.1, -0.05) is 30.3 Å². The molecule has 2 heterocycles. The molecule has 1 amide bonds. The van der Waals surface area contributed by atoms with Crippen LogP contribution in [0.2, 0.25) is 0 Å². The van der Waals surface area contributed by atoms with Gasteiger partial charge in [0.15, 0.2) is 0 Å². The molecule has 1 aromatic rings. The molecule has 0 radical (unpaired) electrons. The fourth-order valence-electron chi connectivity index (χ4n) is 3.65. The molecule has 4 heteroatoms. The number of piperidine rings is 1. The lowest BCUT2D eigenvalue weighted by molar-refractivity contribution is -0.137. The number of carbonyl (C=O) groups excluding carboxylic acids is 1. The van der Waals surface area contributed by atoms with Crippen molar-refractivity contribution >= 4 is 5.91 Å². The number of nitrogens with zero attached hydrogens (tertiary/aromatic N) is 2. The first-order valence-electron chi connectivity index (χ1n) is 8.75. The second kappa shape index (κ2) is 7.45. The summed E-state index contributed by atoms with van der Waals surface area (Å²) in [5, 5.41) is 0. The second-order valence-corrected chi connectivity index (χ2v) is 7.16. The van der Waals surface area contributed by atoms with Crippen LogP contribution in [-0.4, -0.2) is 62.1 Å². The maximum atomic E-state index is 12.2. The second-order valence-electron chi connectivity index (χ2n) is 7.16. The summed E-state index contributed by atoms with van der Waals surface area (Å²) in [4.78, 5) is 16.6. The van der Waals surface area contributed by atoms with Crippen LogP contribution >= 0.6 is 0 Å². The highest BCUT2D eigenvalue weighted by atomic mass is 16.5. The predicted octanol–water partition coefficient (Wildman–Crippen LogP) is 2.19. The molecule has 1 aromatic carbocycles. The highest BCUT2D eigenvalue weighted by Gasteiger charge is 2.41. The minimum atomic E-state index is 0.247. The standard InChI is InChI=1S/C19H28N2O2/c1-20(11-8-17-5-3-2-4-6-17)12-13-21-15-19(9-7-18(21)22)10-14-23-16-19/h2-6H,7-16H2,1H3/t19-/m0/s1. The number of hydrogen-bond donors (Lipinski definition) is 0. The number of likely N-dealkylation sites (N-methyl/N-ethyl adjacent to an activating group) is 1. The van der Waals surface area contributed by atoms with Crippen LogP contribution in [0.3, 0.4) is 0 Å². The number of amides is 1. The largest absolute Gasteiger partial charge is 0.381 e. The van der Waals surface area contributed by atoms with Gasteiger partial charge >= 0.3 is 0 Å². The number of hydrogen-bond acceptors (Lipinski definition) is 3. The van der Waals surface area contributed by atoms with Gasteiger partial charge in [0, 0.05) is 44.6 Å². The zero-order chi connectivity index (χ0) is 16.1. The lowest BCUT2D eigenvalue weighted by atomic mass is 9.79. The van der Waals surface area contributed by atoms with Crippen molar-refractivity contribution in [3.8, 4) is 0 Å². The van der Waals surface area contributed by atoms with Gasteiger partial charge in [0.05, 0.1) is 6.61 Å². The third-order valence-corrected chi connectivity index (χ3v) is 5.31. The van der Waals surface area contributed by atoms with Gasteiger partial charge in [-0.25, -0.2) is 0 Å². The molecule has 0 unspecified atom stereocenters. The van der Waals surface area contributed by atoms with Gasteiger partial charge in [-0.15, -0.1) is 0 Å². The van der Waals surface area contributed by atoms with Crippen LogP contribution in [0, 0.1) is 5.41 Å². The van der Waals surface area contributed by atoms with Gasteiger partial charge < -0.3 is 14.5 Å². The molecule has 3 rings (SSSR count). The lowest BCUT2D eigenvalue weighted by Gasteiger charge is -2.39. The molecule has 1 spiro atoms. The minimum Gasteiger partial charge on any atom is -0.381 e. The van der Waals surface area contributed by atoms with Crippen molar-refractivity contribution in [2.75, 3.05) is 46.4 Å². The van der Waals surface area contributed by atoms with E-state index in [0.29, 0.717) is 12.3 Å². The molecule has 2 aliphatic rings. The average Bonchev–Trinajstić information content (AvgIpc) is 3.03. The van der Waals surface area contributed by atoms with Crippen molar-refractivity contribution < 1.29 is 9.53 Å². The van der Waals surface area contributed by atoms with Crippen molar-refractivity contribution in [3.63, 3.8) is 0 Å². The number of carbonyl (C=O) groups is 1. The zero-order valence-corrected chi connectivity index (χ0v) is 14.2. The summed E-state index contributed by atoms with van der Waals surface area (Å²) in [6.07, 6.45) is 3.87. The molecule has 2 aliphatic heterocycles.